The monoisotopic (exact) mass is 472 g/mol. The molecule has 9 heteroatoms. The first kappa shape index (κ1) is 23.2. The van der Waals surface area contributed by atoms with Crippen molar-refractivity contribution in [3.63, 3.8) is 0 Å². The predicted octanol–water partition coefficient (Wildman–Crippen LogP) is 2.40. The van der Waals surface area contributed by atoms with Crippen LogP contribution in [0.2, 0.25) is 5.02 Å². The van der Waals surface area contributed by atoms with Crippen LogP contribution in [0.25, 0.3) is 0 Å². The molecule has 0 unspecified atom stereocenters. The maximum Gasteiger partial charge on any atom is 0.265 e. The Kier molecular flexibility index (Phi) is 7.57. The summed E-state index contributed by atoms with van der Waals surface area (Å²) in [6.45, 7) is 5.28. The zero-order chi connectivity index (χ0) is 23.2. The van der Waals surface area contributed by atoms with Gasteiger partial charge in [0.1, 0.15) is 18.0 Å². The van der Waals surface area contributed by atoms with Crippen LogP contribution in [0.4, 0.5) is 11.4 Å². The van der Waals surface area contributed by atoms with Crippen LogP contribution in [-0.2, 0) is 9.59 Å². The first-order valence-electron chi connectivity index (χ1n) is 11.1. The number of carbonyl (C=O) groups is 2. The van der Waals surface area contributed by atoms with Gasteiger partial charge in [0, 0.05) is 43.4 Å². The summed E-state index contributed by atoms with van der Waals surface area (Å²) >= 11 is 6.05. The molecule has 0 bridgehead atoms. The lowest BCUT2D eigenvalue weighted by molar-refractivity contribution is -0.125. The summed E-state index contributed by atoms with van der Waals surface area (Å²) in [6.07, 6.45) is 0.855. The molecule has 1 saturated heterocycles. The van der Waals surface area contributed by atoms with Crippen LogP contribution < -0.4 is 24.6 Å². The van der Waals surface area contributed by atoms with Gasteiger partial charge in [-0.3, -0.25) is 19.4 Å². The molecule has 0 aliphatic carbocycles. The molecule has 2 aliphatic heterocycles. The third kappa shape index (κ3) is 5.89. The highest BCUT2D eigenvalue weighted by Gasteiger charge is 2.27. The van der Waals surface area contributed by atoms with Gasteiger partial charge in [0.2, 0.25) is 5.91 Å². The van der Waals surface area contributed by atoms with Gasteiger partial charge in [0.25, 0.3) is 5.91 Å². The Bertz CT molecular complexity index is 977. The Balaban J connectivity index is 1.17. The number of fused-ring (bicyclic) bond motifs is 1. The molecule has 176 valence electrons. The molecular formula is C24H29ClN4O4. The van der Waals surface area contributed by atoms with Crippen molar-refractivity contribution < 1.29 is 19.1 Å². The maximum absolute atomic E-state index is 12.4. The molecule has 1 fully saturated rings. The number of halogens is 1. The van der Waals surface area contributed by atoms with E-state index in [1.54, 1.807) is 25.3 Å². The number of benzene rings is 2. The van der Waals surface area contributed by atoms with Crippen molar-refractivity contribution in [2.45, 2.75) is 6.42 Å². The standard InChI is InChI=1S/C24H29ClN4O4/c1-32-20-6-4-19(5-7-20)28-13-11-27(12-14-28)10-2-9-26-23(30)16-29-21-15-18(25)3-8-22(21)33-17-24(29)31/h3-8,15H,2,9-14,16-17H2,1H3,(H,26,30). The van der Waals surface area contributed by atoms with Gasteiger partial charge in [-0.15, -0.1) is 0 Å². The van der Waals surface area contributed by atoms with Crippen molar-refractivity contribution in [1.82, 2.24) is 10.2 Å². The zero-order valence-corrected chi connectivity index (χ0v) is 19.5. The number of nitrogens with one attached hydrogen (secondary N) is 1. The normalized spacial score (nSPS) is 16.2. The number of rotatable bonds is 8. The lowest BCUT2D eigenvalue weighted by atomic mass is 10.2. The van der Waals surface area contributed by atoms with E-state index in [9.17, 15) is 9.59 Å². The second-order valence-electron chi connectivity index (χ2n) is 8.11. The van der Waals surface area contributed by atoms with E-state index in [4.69, 9.17) is 21.1 Å². The first-order valence-corrected chi connectivity index (χ1v) is 11.5. The average molecular weight is 473 g/mol. The molecule has 0 aromatic heterocycles. The van der Waals surface area contributed by atoms with Crippen LogP contribution in [0, 0.1) is 0 Å². The average Bonchev–Trinajstić information content (AvgIpc) is 2.84. The highest BCUT2D eigenvalue weighted by atomic mass is 35.5. The minimum absolute atomic E-state index is 0.0456. The lowest BCUT2D eigenvalue weighted by Gasteiger charge is -2.36. The maximum atomic E-state index is 12.4. The van der Waals surface area contributed by atoms with E-state index in [1.807, 2.05) is 12.1 Å². The minimum Gasteiger partial charge on any atom is -0.497 e. The number of hydrogen-bond acceptors (Lipinski definition) is 6. The number of piperazine rings is 1. The van der Waals surface area contributed by atoms with Gasteiger partial charge in [-0.05, 0) is 55.4 Å². The van der Waals surface area contributed by atoms with Crippen molar-refractivity contribution in [1.29, 1.82) is 0 Å². The molecule has 2 amide bonds. The van der Waals surface area contributed by atoms with Crippen molar-refractivity contribution in [3.05, 3.63) is 47.5 Å². The third-order valence-corrected chi connectivity index (χ3v) is 6.18. The van der Waals surface area contributed by atoms with E-state index in [0.29, 0.717) is 23.0 Å². The summed E-state index contributed by atoms with van der Waals surface area (Å²) in [4.78, 5) is 30.9. The molecule has 2 aromatic carbocycles. The Morgan fingerprint density at radius 3 is 2.61 bits per heavy atom. The van der Waals surface area contributed by atoms with Crippen LogP contribution in [-0.4, -0.2) is 76.2 Å². The molecule has 2 heterocycles. The van der Waals surface area contributed by atoms with Crippen LogP contribution >= 0.6 is 11.6 Å². The smallest absolute Gasteiger partial charge is 0.265 e. The van der Waals surface area contributed by atoms with Gasteiger partial charge in [0.05, 0.1) is 12.8 Å². The highest BCUT2D eigenvalue weighted by molar-refractivity contribution is 6.31. The Morgan fingerprint density at radius 1 is 1.12 bits per heavy atom. The number of methoxy groups -OCH3 is 1. The topological polar surface area (TPSA) is 74.4 Å². The van der Waals surface area contributed by atoms with Gasteiger partial charge < -0.3 is 19.7 Å². The largest absolute Gasteiger partial charge is 0.497 e. The zero-order valence-electron chi connectivity index (χ0n) is 18.8. The number of hydrogen-bond donors (Lipinski definition) is 1. The van der Waals surface area contributed by atoms with E-state index in [1.165, 1.54) is 10.6 Å². The lowest BCUT2D eigenvalue weighted by Crippen LogP contribution is -2.47. The van der Waals surface area contributed by atoms with Gasteiger partial charge in [-0.1, -0.05) is 11.6 Å². The summed E-state index contributed by atoms with van der Waals surface area (Å²) in [5.74, 6) is 0.973. The molecule has 4 rings (SSSR count). The Hall–Kier alpha value is -2.97. The molecule has 0 spiro atoms. The molecule has 0 saturated carbocycles. The fraction of sp³-hybridized carbons (Fsp3) is 0.417. The van der Waals surface area contributed by atoms with Crippen molar-refractivity contribution in [3.8, 4) is 11.5 Å². The van der Waals surface area contributed by atoms with E-state index in [-0.39, 0.29) is 25.0 Å². The fourth-order valence-corrected chi connectivity index (χ4v) is 4.27. The van der Waals surface area contributed by atoms with E-state index in [0.717, 1.165) is 44.9 Å². The van der Waals surface area contributed by atoms with E-state index in [2.05, 4.69) is 27.2 Å². The SMILES string of the molecule is COc1ccc(N2CCN(CCCNC(=O)CN3C(=O)COc4ccc(Cl)cc43)CC2)cc1. The molecule has 2 aromatic rings. The molecular weight excluding hydrogens is 444 g/mol. The first-order chi connectivity index (χ1) is 16.0. The summed E-state index contributed by atoms with van der Waals surface area (Å²) in [5, 5.41) is 3.42. The van der Waals surface area contributed by atoms with Crippen molar-refractivity contribution in [2.24, 2.45) is 0 Å². The Labute approximate surface area is 199 Å². The number of anilines is 2. The van der Waals surface area contributed by atoms with E-state index >= 15 is 0 Å². The number of nitrogens with zero attached hydrogens (tertiary/aromatic N) is 3. The number of carbonyl (C=O) groups excluding carboxylic acids is 2. The summed E-state index contributed by atoms with van der Waals surface area (Å²) in [5.41, 5.74) is 1.74. The second kappa shape index (κ2) is 10.8. The quantitative estimate of drug-likeness (QED) is 0.595. The molecule has 0 atom stereocenters. The van der Waals surface area contributed by atoms with Crippen molar-refractivity contribution in [2.75, 3.05) is 69.3 Å². The molecule has 1 N–H and O–H groups in total. The summed E-state index contributed by atoms with van der Waals surface area (Å²) < 4.78 is 10.6. The van der Waals surface area contributed by atoms with Crippen LogP contribution in [0.3, 0.4) is 0 Å². The predicted molar refractivity (Wildman–Crippen MR) is 129 cm³/mol. The van der Waals surface area contributed by atoms with Crippen LogP contribution in [0.15, 0.2) is 42.5 Å². The second-order valence-corrected chi connectivity index (χ2v) is 8.55. The van der Waals surface area contributed by atoms with Crippen LogP contribution in [0.1, 0.15) is 6.42 Å². The molecule has 33 heavy (non-hydrogen) atoms. The number of ether oxygens (including phenoxy) is 2. The molecule has 0 radical (unpaired) electrons. The van der Waals surface area contributed by atoms with Crippen molar-refractivity contribution >= 4 is 34.8 Å². The van der Waals surface area contributed by atoms with Gasteiger partial charge in [-0.2, -0.15) is 0 Å². The summed E-state index contributed by atoms with van der Waals surface area (Å²) in [6, 6.07) is 13.2. The summed E-state index contributed by atoms with van der Waals surface area (Å²) in [7, 11) is 1.67. The molecule has 2 aliphatic rings. The van der Waals surface area contributed by atoms with Gasteiger partial charge >= 0.3 is 0 Å². The third-order valence-electron chi connectivity index (χ3n) is 5.95. The number of amides is 2. The fourth-order valence-electron chi connectivity index (χ4n) is 4.10. The Morgan fingerprint density at radius 2 is 1.88 bits per heavy atom. The van der Waals surface area contributed by atoms with Crippen LogP contribution in [0.5, 0.6) is 11.5 Å². The van der Waals surface area contributed by atoms with Gasteiger partial charge in [-0.25, -0.2) is 0 Å². The highest BCUT2D eigenvalue weighted by Crippen LogP contribution is 2.34. The molecule has 8 nitrogen and oxygen atoms in total. The van der Waals surface area contributed by atoms with Gasteiger partial charge in [0.15, 0.2) is 6.61 Å². The van der Waals surface area contributed by atoms with E-state index < -0.39 is 0 Å². The minimum atomic E-state index is -0.255.